The van der Waals surface area contributed by atoms with E-state index in [1.165, 1.54) is 0 Å². The fraction of sp³-hybridized carbons (Fsp3) is 0.385. The molecule has 0 unspecified atom stereocenters. The lowest BCUT2D eigenvalue weighted by atomic mass is 9.81. The largest absolute Gasteiger partial charge is 0.490 e. The van der Waals surface area contributed by atoms with Gasteiger partial charge in [-0.2, -0.15) is 18.3 Å². The number of alkyl halides is 3. The van der Waals surface area contributed by atoms with E-state index in [2.05, 4.69) is 29.6 Å². The zero-order valence-electron chi connectivity index (χ0n) is 20.6. The highest BCUT2D eigenvalue weighted by atomic mass is 19.4. The maximum absolute atomic E-state index is 13.0. The van der Waals surface area contributed by atoms with E-state index in [4.69, 9.17) is 19.7 Å². The molecule has 1 fully saturated rings. The number of aliphatic carboxylic acids is 1. The quantitative estimate of drug-likeness (QED) is 0.515. The summed E-state index contributed by atoms with van der Waals surface area (Å²) in [5.74, 6) is -1.82. The van der Waals surface area contributed by atoms with Gasteiger partial charge in [-0.25, -0.2) is 4.79 Å². The number of para-hydroxylation sites is 1. The molecule has 0 radical (unpaired) electrons. The highest BCUT2D eigenvalue weighted by molar-refractivity contribution is 5.94. The molecule has 11 heteroatoms. The molecule has 5 rings (SSSR count). The SMILES string of the molecule is Cc1cncc(C(=O)N2CCC3(CC2)Oc2ccccc2-c2c3cnn2C(C)C)c1.O=C(O)C(F)(F)F. The highest BCUT2D eigenvalue weighted by Gasteiger charge is 2.46. The first kappa shape index (κ1) is 26.2. The molecule has 8 nitrogen and oxygen atoms in total. The summed E-state index contributed by atoms with van der Waals surface area (Å²) in [6.45, 7) is 7.53. The second kappa shape index (κ2) is 9.87. The van der Waals surface area contributed by atoms with E-state index in [0.29, 0.717) is 18.7 Å². The van der Waals surface area contributed by atoms with E-state index in [-0.39, 0.29) is 11.9 Å². The third-order valence-electron chi connectivity index (χ3n) is 6.45. The number of rotatable bonds is 2. The van der Waals surface area contributed by atoms with Crippen molar-refractivity contribution in [3.05, 3.63) is 65.6 Å². The minimum Gasteiger partial charge on any atom is -0.482 e. The number of carboxylic acids is 1. The topological polar surface area (TPSA) is 97.6 Å². The molecular weight excluding hydrogens is 489 g/mol. The van der Waals surface area contributed by atoms with Crippen molar-refractivity contribution in [1.29, 1.82) is 0 Å². The number of pyridine rings is 1. The van der Waals surface area contributed by atoms with Crippen molar-refractivity contribution < 1.29 is 32.6 Å². The van der Waals surface area contributed by atoms with Crippen molar-refractivity contribution in [2.75, 3.05) is 13.1 Å². The van der Waals surface area contributed by atoms with Crippen LogP contribution in [0.5, 0.6) is 5.75 Å². The monoisotopic (exact) mass is 516 g/mol. The van der Waals surface area contributed by atoms with Gasteiger partial charge in [-0.15, -0.1) is 0 Å². The van der Waals surface area contributed by atoms with E-state index in [1.807, 2.05) is 42.3 Å². The number of fused-ring (bicyclic) bond motifs is 4. The number of halogens is 3. The fourth-order valence-corrected chi connectivity index (χ4v) is 4.67. The van der Waals surface area contributed by atoms with Gasteiger partial charge in [0.2, 0.25) is 0 Å². The van der Waals surface area contributed by atoms with Gasteiger partial charge in [0.1, 0.15) is 11.4 Å². The van der Waals surface area contributed by atoms with Crippen LogP contribution in [0.2, 0.25) is 0 Å². The van der Waals surface area contributed by atoms with Gasteiger partial charge >= 0.3 is 12.1 Å². The summed E-state index contributed by atoms with van der Waals surface area (Å²) in [4.78, 5) is 28.0. The van der Waals surface area contributed by atoms with Crippen LogP contribution in [-0.2, 0) is 10.4 Å². The molecule has 0 aliphatic carbocycles. The third kappa shape index (κ3) is 5.16. The van der Waals surface area contributed by atoms with Crippen LogP contribution in [-0.4, -0.2) is 55.9 Å². The number of ether oxygens (including phenoxy) is 1. The molecular formula is C26H27F3N4O4. The Hall–Kier alpha value is -3.89. The number of carbonyl (C=O) groups is 2. The second-order valence-corrected chi connectivity index (χ2v) is 9.38. The van der Waals surface area contributed by atoms with Crippen molar-refractivity contribution in [1.82, 2.24) is 19.7 Å². The Balaban J connectivity index is 0.000000405. The van der Waals surface area contributed by atoms with Crippen LogP contribution in [0.3, 0.4) is 0 Å². The highest BCUT2D eigenvalue weighted by Crippen LogP contribution is 2.50. The van der Waals surface area contributed by atoms with Gasteiger partial charge in [0.25, 0.3) is 5.91 Å². The average Bonchev–Trinajstić information content (AvgIpc) is 3.31. The molecule has 196 valence electrons. The summed E-state index contributed by atoms with van der Waals surface area (Å²) in [7, 11) is 0. The lowest BCUT2D eigenvalue weighted by Crippen LogP contribution is -2.49. The zero-order chi connectivity index (χ0) is 27.0. The van der Waals surface area contributed by atoms with Gasteiger partial charge in [-0.1, -0.05) is 12.1 Å². The molecule has 2 aliphatic rings. The van der Waals surface area contributed by atoms with Gasteiger partial charge in [-0.3, -0.25) is 14.5 Å². The Bertz CT molecular complexity index is 1310. The molecule has 2 aromatic heterocycles. The second-order valence-electron chi connectivity index (χ2n) is 9.38. The van der Waals surface area contributed by atoms with Crippen LogP contribution < -0.4 is 4.74 Å². The number of aromatic nitrogens is 3. The molecule has 2 aliphatic heterocycles. The fourth-order valence-electron chi connectivity index (χ4n) is 4.67. The maximum atomic E-state index is 13.0. The molecule has 37 heavy (non-hydrogen) atoms. The molecule has 1 spiro atoms. The summed E-state index contributed by atoms with van der Waals surface area (Å²) < 4.78 is 40.5. The number of hydrogen-bond donors (Lipinski definition) is 1. The number of aryl methyl sites for hydroxylation is 1. The smallest absolute Gasteiger partial charge is 0.482 e. The van der Waals surface area contributed by atoms with E-state index in [9.17, 15) is 18.0 Å². The van der Waals surface area contributed by atoms with Crippen molar-refractivity contribution in [2.24, 2.45) is 0 Å². The first-order chi connectivity index (χ1) is 17.4. The molecule has 1 amide bonds. The first-order valence-corrected chi connectivity index (χ1v) is 11.8. The van der Waals surface area contributed by atoms with Gasteiger partial charge in [0.15, 0.2) is 0 Å². The number of carbonyl (C=O) groups excluding carboxylic acids is 1. The van der Waals surface area contributed by atoms with Crippen LogP contribution >= 0.6 is 0 Å². The van der Waals surface area contributed by atoms with Crippen molar-refractivity contribution in [3.63, 3.8) is 0 Å². The summed E-state index contributed by atoms with van der Waals surface area (Å²) in [5, 5.41) is 11.8. The molecule has 1 N–H and O–H groups in total. The predicted octanol–water partition coefficient (Wildman–Crippen LogP) is 4.99. The van der Waals surface area contributed by atoms with Gasteiger partial charge < -0.3 is 14.7 Å². The zero-order valence-corrected chi connectivity index (χ0v) is 20.6. The maximum Gasteiger partial charge on any atom is 0.490 e. The number of likely N-dealkylation sites (tertiary alicyclic amines) is 1. The minimum atomic E-state index is -5.08. The van der Waals surface area contributed by atoms with E-state index in [0.717, 1.165) is 41.0 Å². The molecule has 1 saturated heterocycles. The number of benzene rings is 1. The van der Waals surface area contributed by atoms with E-state index in [1.54, 1.807) is 12.4 Å². The molecule has 0 atom stereocenters. The van der Waals surface area contributed by atoms with Crippen molar-refractivity contribution in [3.8, 4) is 17.0 Å². The van der Waals surface area contributed by atoms with Crippen LogP contribution in [0.1, 0.15) is 54.2 Å². The van der Waals surface area contributed by atoms with Gasteiger partial charge in [-0.05, 0) is 44.5 Å². The lowest BCUT2D eigenvalue weighted by Gasteiger charge is -2.44. The average molecular weight is 517 g/mol. The number of carboxylic acid groups (broad SMARTS) is 1. The number of hydrogen-bond acceptors (Lipinski definition) is 5. The Morgan fingerprint density at radius 3 is 2.35 bits per heavy atom. The summed E-state index contributed by atoms with van der Waals surface area (Å²) in [6.07, 6.45) is 1.78. The number of piperidine rings is 1. The van der Waals surface area contributed by atoms with Crippen LogP contribution in [0.15, 0.2) is 48.9 Å². The molecule has 3 aromatic rings. The Morgan fingerprint density at radius 1 is 1.11 bits per heavy atom. The lowest BCUT2D eigenvalue weighted by molar-refractivity contribution is -0.192. The molecule has 0 bridgehead atoms. The summed E-state index contributed by atoms with van der Waals surface area (Å²) in [6, 6.07) is 10.3. The van der Waals surface area contributed by atoms with Crippen molar-refractivity contribution >= 4 is 11.9 Å². The number of amides is 1. The Kier molecular flexibility index (Phi) is 6.98. The Morgan fingerprint density at radius 2 is 1.76 bits per heavy atom. The van der Waals surface area contributed by atoms with Gasteiger partial charge in [0.05, 0.1) is 17.5 Å². The van der Waals surface area contributed by atoms with Crippen LogP contribution in [0, 0.1) is 6.92 Å². The summed E-state index contributed by atoms with van der Waals surface area (Å²) >= 11 is 0. The minimum absolute atomic E-state index is 0.0374. The number of nitrogens with zero attached hydrogens (tertiary/aromatic N) is 4. The van der Waals surface area contributed by atoms with Crippen molar-refractivity contribution in [2.45, 2.75) is 51.4 Å². The molecule has 0 saturated carbocycles. The van der Waals surface area contributed by atoms with E-state index >= 15 is 0 Å². The normalized spacial score (nSPS) is 15.8. The Labute approximate surface area is 211 Å². The summed E-state index contributed by atoms with van der Waals surface area (Å²) in [5.41, 5.74) is 4.57. The molecule has 4 heterocycles. The standard InChI is InChI=1S/C24H26N4O2.C2HF3O2/c1-16(2)28-22-19-6-4-5-7-21(19)30-24(20(22)15-26-28)8-10-27(11-9-24)23(29)18-12-17(3)13-25-14-18;3-2(4,5)1(6)7/h4-7,12-16H,8-11H2,1-3H3;(H,6,7). The predicted molar refractivity (Wildman–Crippen MR) is 128 cm³/mol. The van der Waals surface area contributed by atoms with Crippen LogP contribution in [0.4, 0.5) is 13.2 Å². The van der Waals surface area contributed by atoms with Crippen LogP contribution in [0.25, 0.3) is 11.3 Å². The third-order valence-corrected chi connectivity index (χ3v) is 6.45. The molecule has 1 aromatic carbocycles. The van der Waals surface area contributed by atoms with Gasteiger partial charge in [0, 0.05) is 55.5 Å². The first-order valence-electron chi connectivity index (χ1n) is 11.8. The van der Waals surface area contributed by atoms with E-state index < -0.39 is 17.7 Å².